The van der Waals surface area contributed by atoms with E-state index in [2.05, 4.69) is 5.32 Å². The van der Waals surface area contributed by atoms with Crippen LogP contribution in [0.4, 0.5) is 5.69 Å². The maximum atomic E-state index is 12.1. The average Bonchev–Trinajstić information content (AvgIpc) is 2.55. The maximum absolute atomic E-state index is 12.1. The first-order valence-corrected chi connectivity index (χ1v) is 7.07. The summed E-state index contributed by atoms with van der Waals surface area (Å²) < 4.78 is 5.39. The van der Waals surface area contributed by atoms with Gasteiger partial charge in [-0.15, -0.1) is 0 Å². The molecular formula is C18H16N2O3. The standard InChI is InChI=1S/C18H16N2O3/c1-2-23-17-5-3-4-13(11-17)10-14(12-19)18(22)20-15-6-8-16(21)9-7-15/h3-11,21H,2H2,1H3,(H,20,22)/b14-10+. The Morgan fingerprint density at radius 3 is 2.70 bits per heavy atom. The van der Waals surface area contributed by atoms with E-state index < -0.39 is 5.91 Å². The number of hydrogen-bond acceptors (Lipinski definition) is 4. The van der Waals surface area contributed by atoms with Gasteiger partial charge < -0.3 is 15.2 Å². The second-order valence-corrected chi connectivity index (χ2v) is 4.68. The van der Waals surface area contributed by atoms with E-state index in [0.717, 1.165) is 0 Å². The number of rotatable bonds is 5. The summed E-state index contributed by atoms with van der Waals surface area (Å²) in [7, 11) is 0. The van der Waals surface area contributed by atoms with E-state index in [1.54, 1.807) is 30.3 Å². The fourth-order valence-electron chi connectivity index (χ4n) is 1.92. The maximum Gasteiger partial charge on any atom is 0.266 e. The molecule has 0 radical (unpaired) electrons. The van der Waals surface area contributed by atoms with E-state index in [0.29, 0.717) is 23.6 Å². The van der Waals surface area contributed by atoms with E-state index in [1.165, 1.54) is 18.2 Å². The van der Waals surface area contributed by atoms with Gasteiger partial charge in [0.05, 0.1) is 6.61 Å². The summed E-state index contributed by atoms with van der Waals surface area (Å²) in [6.45, 7) is 2.42. The minimum Gasteiger partial charge on any atom is -0.508 e. The number of phenols is 1. The molecule has 0 aromatic heterocycles. The molecule has 2 rings (SSSR count). The third-order valence-corrected chi connectivity index (χ3v) is 2.97. The number of anilines is 1. The molecule has 0 bridgehead atoms. The third-order valence-electron chi connectivity index (χ3n) is 2.97. The predicted octanol–water partition coefficient (Wildman–Crippen LogP) is 3.34. The largest absolute Gasteiger partial charge is 0.508 e. The normalized spacial score (nSPS) is 10.7. The van der Waals surface area contributed by atoms with Crippen LogP contribution in [0.25, 0.3) is 6.08 Å². The number of hydrogen-bond donors (Lipinski definition) is 2. The lowest BCUT2D eigenvalue weighted by atomic mass is 10.1. The fourth-order valence-corrected chi connectivity index (χ4v) is 1.92. The number of carbonyl (C=O) groups is 1. The molecule has 0 aliphatic carbocycles. The smallest absolute Gasteiger partial charge is 0.266 e. The Morgan fingerprint density at radius 2 is 2.04 bits per heavy atom. The Balaban J connectivity index is 2.18. The van der Waals surface area contributed by atoms with Crippen molar-refractivity contribution in [2.45, 2.75) is 6.92 Å². The molecule has 2 aromatic rings. The highest BCUT2D eigenvalue weighted by atomic mass is 16.5. The van der Waals surface area contributed by atoms with Crippen LogP contribution in [0, 0.1) is 11.3 Å². The number of aromatic hydroxyl groups is 1. The van der Waals surface area contributed by atoms with Crippen LogP contribution < -0.4 is 10.1 Å². The van der Waals surface area contributed by atoms with Crippen molar-refractivity contribution in [2.75, 3.05) is 11.9 Å². The Morgan fingerprint density at radius 1 is 1.30 bits per heavy atom. The molecule has 5 nitrogen and oxygen atoms in total. The van der Waals surface area contributed by atoms with Gasteiger partial charge in [0.2, 0.25) is 0 Å². The van der Waals surface area contributed by atoms with Gasteiger partial charge in [-0.25, -0.2) is 0 Å². The van der Waals surface area contributed by atoms with Crippen molar-refractivity contribution < 1.29 is 14.6 Å². The Kier molecular flexibility index (Phi) is 5.37. The van der Waals surface area contributed by atoms with Gasteiger partial charge >= 0.3 is 0 Å². The highest BCUT2D eigenvalue weighted by Gasteiger charge is 2.09. The van der Waals surface area contributed by atoms with Gasteiger partial charge in [-0.05, 0) is 55.0 Å². The zero-order valence-corrected chi connectivity index (χ0v) is 12.6. The second-order valence-electron chi connectivity index (χ2n) is 4.68. The molecule has 1 amide bonds. The number of nitriles is 1. The highest BCUT2D eigenvalue weighted by Crippen LogP contribution is 2.18. The number of carbonyl (C=O) groups excluding carboxylic acids is 1. The molecule has 0 fully saturated rings. The molecule has 5 heteroatoms. The number of nitrogens with one attached hydrogen (secondary N) is 1. The van der Waals surface area contributed by atoms with Gasteiger partial charge in [0, 0.05) is 5.69 Å². The molecule has 23 heavy (non-hydrogen) atoms. The van der Waals surface area contributed by atoms with E-state index in [-0.39, 0.29) is 11.3 Å². The van der Waals surface area contributed by atoms with E-state index in [9.17, 15) is 15.2 Å². The number of nitrogens with zero attached hydrogens (tertiary/aromatic N) is 1. The van der Waals surface area contributed by atoms with Crippen LogP contribution in [0.5, 0.6) is 11.5 Å². The van der Waals surface area contributed by atoms with Gasteiger partial charge in [-0.3, -0.25) is 4.79 Å². The summed E-state index contributed by atoms with van der Waals surface area (Å²) in [6, 6.07) is 15.1. The quantitative estimate of drug-likeness (QED) is 0.504. The van der Waals surface area contributed by atoms with Gasteiger partial charge in [0.25, 0.3) is 5.91 Å². The van der Waals surface area contributed by atoms with Crippen LogP contribution in [0.1, 0.15) is 12.5 Å². The van der Waals surface area contributed by atoms with Crippen LogP contribution in [-0.2, 0) is 4.79 Å². The van der Waals surface area contributed by atoms with E-state index in [1.807, 2.05) is 19.1 Å². The Bertz CT molecular complexity index is 759. The molecule has 0 saturated carbocycles. The average molecular weight is 308 g/mol. The summed E-state index contributed by atoms with van der Waals surface area (Å²) >= 11 is 0. The number of benzene rings is 2. The first kappa shape index (κ1) is 16.1. The molecule has 0 spiro atoms. The van der Waals surface area contributed by atoms with Crippen molar-refractivity contribution in [3.05, 3.63) is 59.7 Å². The van der Waals surface area contributed by atoms with Crippen molar-refractivity contribution in [1.29, 1.82) is 5.26 Å². The lowest BCUT2D eigenvalue weighted by Crippen LogP contribution is -2.13. The predicted molar refractivity (Wildman–Crippen MR) is 87.9 cm³/mol. The molecule has 2 aromatic carbocycles. The summed E-state index contributed by atoms with van der Waals surface area (Å²) in [4.78, 5) is 12.1. The summed E-state index contributed by atoms with van der Waals surface area (Å²) in [5, 5.41) is 21.0. The minimum atomic E-state index is -0.514. The highest BCUT2D eigenvalue weighted by molar-refractivity contribution is 6.09. The van der Waals surface area contributed by atoms with E-state index in [4.69, 9.17) is 4.74 Å². The van der Waals surface area contributed by atoms with Gasteiger partial charge in [0.1, 0.15) is 23.1 Å². The number of phenolic OH excluding ortho intramolecular Hbond substituents is 1. The number of ether oxygens (including phenoxy) is 1. The fraction of sp³-hybridized carbons (Fsp3) is 0.111. The summed E-state index contributed by atoms with van der Waals surface area (Å²) in [5.41, 5.74) is 1.18. The van der Waals surface area contributed by atoms with Gasteiger partial charge in [-0.1, -0.05) is 12.1 Å². The lowest BCUT2D eigenvalue weighted by Gasteiger charge is -2.05. The second kappa shape index (κ2) is 7.66. The van der Waals surface area contributed by atoms with E-state index >= 15 is 0 Å². The SMILES string of the molecule is CCOc1cccc(/C=C(\C#N)C(=O)Nc2ccc(O)cc2)c1. The van der Waals surface area contributed by atoms with Crippen molar-refractivity contribution in [2.24, 2.45) is 0 Å². The number of amides is 1. The molecule has 0 aliphatic rings. The van der Waals surface area contributed by atoms with Gasteiger partial charge in [-0.2, -0.15) is 5.26 Å². The zero-order valence-electron chi connectivity index (χ0n) is 12.6. The first-order valence-electron chi connectivity index (χ1n) is 7.07. The molecular weight excluding hydrogens is 292 g/mol. The Hall–Kier alpha value is -3.26. The minimum absolute atomic E-state index is 0.0216. The lowest BCUT2D eigenvalue weighted by molar-refractivity contribution is -0.112. The van der Waals surface area contributed by atoms with Gasteiger partial charge in [0.15, 0.2) is 0 Å². The molecule has 0 heterocycles. The monoisotopic (exact) mass is 308 g/mol. The first-order chi connectivity index (χ1) is 11.1. The van der Waals surface area contributed by atoms with Crippen LogP contribution in [0.2, 0.25) is 0 Å². The molecule has 116 valence electrons. The molecule has 0 unspecified atom stereocenters. The molecule has 0 saturated heterocycles. The summed E-state index contributed by atoms with van der Waals surface area (Å²) in [6.07, 6.45) is 1.50. The topological polar surface area (TPSA) is 82.3 Å². The summed E-state index contributed by atoms with van der Waals surface area (Å²) in [5.74, 6) is 0.268. The van der Waals surface area contributed by atoms with Crippen LogP contribution in [-0.4, -0.2) is 17.6 Å². The van der Waals surface area contributed by atoms with Crippen molar-refractivity contribution >= 4 is 17.7 Å². The molecule has 2 N–H and O–H groups in total. The molecule has 0 aliphatic heterocycles. The van der Waals surface area contributed by atoms with Crippen LogP contribution >= 0.6 is 0 Å². The molecule has 0 atom stereocenters. The third kappa shape index (κ3) is 4.61. The van der Waals surface area contributed by atoms with Crippen molar-refractivity contribution in [3.8, 4) is 17.6 Å². The van der Waals surface area contributed by atoms with Crippen molar-refractivity contribution in [1.82, 2.24) is 0 Å². The Labute approximate surface area is 134 Å². The zero-order chi connectivity index (χ0) is 16.7. The van der Waals surface area contributed by atoms with Crippen molar-refractivity contribution in [3.63, 3.8) is 0 Å². The van der Waals surface area contributed by atoms with Crippen LogP contribution in [0.3, 0.4) is 0 Å². The van der Waals surface area contributed by atoms with Crippen LogP contribution in [0.15, 0.2) is 54.1 Å².